The van der Waals surface area contributed by atoms with Gasteiger partial charge < -0.3 is 5.73 Å². The second-order valence-electron chi connectivity index (χ2n) is 1.88. The van der Waals surface area contributed by atoms with E-state index in [4.69, 9.17) is 0 Å². The van der Waals surface area contributed by atoms with Crippen molar-refractivity contribution in [1.29, 1.82) is 0 Å². The van der Waals surface area contributed by atoms with Gasteiger partial charge in [0.25, 0.3) is 0 Å². The van der Waals surface area contributed by atoms with Gasteiger partial charge >= 0.3 is 0 Å². The zero-order valence-electron chi connectivity index (χ0n) is 7.16. The minimum atomic E-state index is 1.08. The van der Waals surface area contributed by atoms with Gasteiger partial charge in [0.1, 0.15) is 0 Å². The van der Waals surface area contributed by atoms with Crippen molar-refractivity contribution in [3.63, 3.8) is 0 Å². The highest BCUT2D eigenvalue weighted by Gasteiger charge is 1.87. The average molecular weight is 170 g/mol. The lowest BCUT2D eigenvalue weighted by Gasteiger charge is -1.92. The number of hydrogen-bond donors (Lipinski definition) is 1. The van der Waals surface area contributed by atoms with Crippen LogP contribution in [0.15, 0.2) is 23.4 Å². The second-order valence-corrected chi connectivity index (χ2v) is 2.70. The van der Waals surface area contributed by atoms with Gasteiger partial charge in [-0.05, 0) is 31.9 Å². The van der Waals surface area contributed by atoms with Crippen LogP contribution < -0.4 is 5.73 Å². The third-order valence-electron chi connectivity index (χ3n) is 1.09. The molecule has 0 fully saturated rings. The third-order valence-corrected chi connectivity index (χ3v) is 1.75. The van der Waals surface area contributed by atoms with Gasteiger partial charge in [0.05, 0.1) is 5.03 Å². The Balaban J connectivity index is 0.000000461. The topological polar surface area (TPSA) is 38.9 Å². The van der Waals surface area contributed by atoms with Crippen LogP contribution in [-0.2, 0) is 0 Å². The first-order chi connectivity index (χ1) is 5.33. The Kier molecular flexibility index (Phi) is 5.88. The molecule has 1 rings (SSSR count). The maximum Gasteiger partial charge on any atom is 0.0957 e. The number of hydrogen-bond acceptors (Lipinski definition) is 3. The van der Waals surface area contributed by atoms with E-state index in [1.807, 2.05) is 25.4 Å². The van der Waals surface area contributed by atoms with Crippen molar-refractivity contribution < 1.29 is 0 Å². The van der Waals surface area contributed by atoms with E-state index in [0.717, 1.165) is 5.03 Å². The number of aryl methyl sites for hydroxylation is 1. The summed E-state index contributed by atoms with van der Waals surface area (Å²) < 4.78 is 0. The quantitative estimate of drug-likeness (QED) is 0.652. The molecule has 62 valence electrons. The van der Waals surface area contributed by atoms with Crippen LogP contribution in [0.25, 0.3) is 0 Å². The molecular formula is C8H14N2S. The van der Waals surface area contributed by atoms with Crippen LogP contribution in [0.2, 0.25) is 0 Å². The summed E-state index contributed by atoms with van der Waals surface area (Å²) in [5.41, 5.74) is 5.72. The molecule has 11 heavy (non-hydrogen) atoms. The summed E-state index contributed by atoms with van der Waals surface area (Å²) in [6.45, 7) is 2.04. The van der Waals surface area contributed by atoms with Gasteiger partial charge in [-0.1, -0.05) is 6.07 Å². The first kappa shape index (κ1) is 10.5. The lowest BCUT2D eigenvalue weighted by atomic mass is 10.3. The van der Waals surface area contributed by atoms with Gasteiger partial charge in [-0.3, -0.25) is 0 Å². The molecule has 1 aromatic heterocycles. The second kappa shape index (κ2) is 6.19. The lowest BCUT2D eigenvalue weighted by molar-refractivity contribution is 1.11. The van der Waals surface area contributed by atoms with Crippen LogP contribution in [0.3, 0.4) is 0 Å². The predicted molar refractivity (Wildman–Crippen MR) is 50.9 cm³/mol. The Bertz CT molecular complexity index is 184. The molecule has 0 aromatic carbocycles. The Morgan fingerprint density at radius 1 is 1.36 bits per heavy atom. The molecule has 0 bridgehead atoms. The van der Waals surface area contributed by atoms with E-state index in [2.05, 4.69) is 16.8 Å². The van der Waals surface area contributed by atoms with Gasteiger partial charge in [-0.2, -0.15) is 0 Å². The van der Waals surface area contributed by atoms with Crippen molar-refractivity contribution in [2.45, 2.75) is 11.9 Å². The van der Waals surface area contributed by atoms with Crippen molar-refractivity contribution >= 4 is 11.8 Å². The molecule has 0 saturated carbocycles. The summed E-state index contributed by atoms with van der Waals surface area (Å²) in [7, 11) is 1.50. The number of pyridine rings is 1. The van der Waals surface area contributed by atoms with Crippen LogP contribution in [0.5, 0.6) is 0 Å². The molecule has 1 aromatic rings. The molecule has 0 radical (unpaired) electrons. The van der Waals surface area contributed by atoms with Crippen molar-refractivity contribution in [2.75, 3.05) is 13.3 Å². The molecule has 0 amide bonds. The summed E-state index contributed by atoms with van der Waals surface area (Å²) in [5.74, 6) is 0. The number of nitrogens with two attached hydrogens (primary N) is 1. The summed E-state index contributed by atoms with van der Waals surface area (Å²) in [6.07, 6.45) is 3.91. The first-order valence-electron chi connectivity index (χ1n) is 3.37. The molecule has 0 unspecified atom stereocenters. The Hall–Kier alpha value is -0.540. The van der Waals surface area contributed by atoms with Crippen LogP contribution in [0.4, 0.5) is 0 Å². The number of thioether (sulfide) groups is 1. The van der Waals surface area contributed by atoms with E-state index in [1.54, 1.807) is 11.8 Å². The van der Waals surface area contributed by atoms with Crippen molar-refractivity contribution in [2.24, 2.45) is 5.73 Å². The first-order valence-corrected chi connectivity index (χ1v) is 4.60. The highest BCUT2D eigenvalue weighted by atomic mass is 32.2. The minimum Gasteiger partial charge on any atom is -0.333 e. The fourth-order valence-corrected chi connectivity index (χ4v) is 0.937. The van der Waals surface area contributed by atoms with Crippen LogP contribution in [0.1, 0.15) is 5.56 Å². The Morgan fingerprint density at radius 3 is 2.36 bits per heavy atom. The standard InChI is InChI=1S/C7H9NS.CH5N/c1-6-3-4-7(9-2)8-5-6;1-2/h3-5H,1-2H3;2H2,1H3. The van der Waals surface area contributed by atoms with Crippen LogP contribution in [0, 0.1) is 6.92 Å². The van der Waals surface area contributed by atoms with Crippen molar-refractivity contribution in [3.8, 4) is 0 Å². The molecule has 0 aliphatic carbocycles. The van der Waals surface area contributed by atoms with Gasteiger partial charge in [-0.15, -0.1) is 11.8 Å². The maximum absolute atomic E-state index is 4.50. The highest BCUT2D eigenvalue weighted by molar-refractivity contribution is 7.98. The molecule has 0 aliphatic rings. The van der Waals surface area contributed by atoms with Gasteiger partial charge in [0, 0.05) is 6.20 Å². The zero-order chi connectivity index (χ0) is 8.69. The minimum absolute atomic E-state index is 1.08. The predicted octanol–water partition coefficient (Wildman–Crippen LogP) is 1.69. The summed E-state index contributed by atoms with van der Waals surface area (Å²) in [6, 6.07) is 4.10. The van der Waals surface area contributed by atoms with E-state index in [-0.39, 0.29) is 0 Å². The molecule has 1 heterocycles. The number of rotatable bonds is 1. The van der Waals surface area contributed by atoms with Gasteiger partial charge in [-0.25, -0.2) is 4.98 Å². The molecule has 2 N–H and O–H groups in total. The smallest absolute Gasteiger partial charge is 0.0957 e. The molecular weight excluding hydrogens is 156 g/mol. The molecule has 0 saturated heterocycles. The van der Waals surface area contributed by atoms with E-state index < -0.39 is 0 Å². The zero-order valence-corrected chi connectivity index (χ0v) is 7.98. The maximum atomic E-state index is 4.50. The van der Waals surface area contributed by atoms with E-state index in [0.29, 0.717) is 0 Å². The summed E-state index contributed by atoms with van der Waals surface area (Å²) in [4.78, 5) is 4.16. The Labute approximate surface area is 72.2 Å². The highest BCUT2D eigenvalue weighted by Crippen LogP contribution is 2.09. The fourth-order valence-electron chi connectivity index (χ4n) is 0.575. The van der Waals surface area contributed by atoms with Gasteiger partial charge in [0.2, 0.25) is 0 Å². The fraction of sp³-hybridized carbons (Fsp3) is 0.375. The van der Waals surface area contributed by atoms with Crippen molar-refractivity contribution in [3.05, 3.63) is 23.9 Å². The third kappa shape index (κ3) is 4.01. The Morgan fingerprint density at radius 2 is 2.00 bits per heavy atom. The largest absolute Gasteiger partial charge is 0.333 e. The van der Waals surface area contributed by atoms with E-state index in [1.165, 1.54) is 12.6 Å². The normalized spacial score (nSPS) is 8.36. The number of aromatic nitrogens is 1. The van der Waals surface area contributed by atoms with Crippen LogP contribution in [-0.4, -0.2) is 18.3 Å². The molecule has 0 atom stereocenters. The summed E-state index contributed by atoms with van der Waals surface area (Å²) in [5, 5.41) is 1.08. The molecule has 0 spiro atoms. The van der Waals surface area contributed by atoms with Crippen LogP contribution >= 0.6 is 11.8 Å². The molecule has 3 heteroatoms. The average Bonchev–Trinajstić information content (AvgIpc) is 2.10. The molecule has 0 aliphatic heterocycles. The van der Waals surface area contributed by atoms with E-state index in [9.17, 15) is 0 Å². The monoisotopic (exact) mass is 170 g/mol. The van der Waals surface area contributed by atoms with Gasteiger partial charge in [0.15, 0.2) is 0 Å². The van der Waals surface area contributed by atoms with Crippen molar-refractivity contribution in [1.82, 2.24) is 4.98 Å². The molecule has 2 nitrogen and oxygen atoms in total. The van der Waals surface area contributed by atoms with E-state index >= 15 is 0 Å². The number of nitrogens with zero attached hydrogens (tertiary/aromatic N) is 1. The summed E-state index contributed by atoms with van der Waals surface area (Å²) >= 11 is 1.67. The SMILES string of the molecule is CN.CSc1ccc(C)cn1. The lowest BCUT2D eigenvalue weighted by Crippen LogP contribution is -1.77.